The molecule has 0 radical (unpaired) electrons. The van der Waals surface area contributed by atoms with E-state index in [0.29, 0.717) is 49.6 Å². The molecule has 0 spiro atoms. The van der Waals surface area contributed by atoms with Crippen LogP contribution in [0.5, 0.6) is 11.5 Å². The van der Waals surface area contributed by atoms with Gasteiger partial charge >= 0.3 is 11.9 Å². The van der Waals surface area contributed by atoms with Gasteiger partial charge in [0.05, 0.1) is 6.10 Å². The molecule has 2 aromatic carbocycles. The average Bonchev–Trinajstić information content (AvgIpc) is 2.73. The van der Waals surface area contributed by atoms with Crippen molar-refractivity contribution in [2.45, 2.75) is 38.9 Å². The number of carboxylic acids is 1. The molecule has 0 saturated heterocycles. The Morgan fingerprint density at radius 2 is 1.71 bits per heavy atom. The number of nitrogens with one attached hydrogen (secondary N) is 1. The summed E-state index contributed by atoms with van der Waals surface area (Å²) in [6.45, 7) is 5.53. The SMILES string of the molecule is CC(C)Oc1ccccc1OCCNCCCC(OC(=O)C(=O)O)c1ccc(F)cc1. The van der Waals surface area contributed by atoms with Crippen LogP contribution in [0, 0.1) is 5.82 Å². The number of benzene rings is 2. The van der Waals surface area contributed by atoms with Crippen molar-refractivity contribution >= 4 is 11.9 Å². The number of ether oxygens (including phenoxy) is 3. The van der Waals surface area contributed by atoms with Gasteiger partial charge in [0, 0.05) is 6.54 Å². The zero-order valence-corrected chi connectivity index (χ0v) is 17.7. The summed E-state index contributed by atoms with van der Waals surface area (Å²) < 4.78 is 29.7. The second-order valence-electron chi connectivity index (χ2n) is 7.10. The van der Waals surface area contributed by atoms with Crippen LogP contribution in [0.1, 0.15) is 38.4 Å². The highest BCUT2D eigenvalue weighted by atomic mass is 19.1. The molecule has 0 aromatic heterocycles. The van der Waals surface area contributed by atoms with Gasteiger partial charge in [-0.3, -0.25) is 0 Å². The molecule has 1 atom stereocenters. The minimum Gasteiger partial charge on any atom is -0.488 e. The Morgan fingerprint density at radius 1 is 1.03 bits per heavy atom. The normalized spacial score (nSPS) is 11.7. The fourth-order valence-electron chi connectivity index (χ4n) is 2.84. The smallest absolute Gasteiger partial charge is 0.417 e. The monoisotopic (exact) mass is 433 g/mol. The van der Waals surface area contributed by atoms with Gasteiger partial charge < -0.3 is 24.6 Å². The van der Waals surface area contributed by atoms with E-state index in [9.17, 15) is 14.0 Å². The number of hydrogen-bond donors (Lipinski definition) is 2. The quantitative estimate of drug-likeness (QED) is 0.299. The van der Waals surface area contributed by atoms with Crippen LogP contribution in [0.25, 0.3) is 0 Å². The molecule has 2 aromatic rings. The van der Waals surface area contributed by atoms with Crippen LogP contribution < -0.4 is 14.8 Å². The maximum absolute atomic E-state index is 13.1. The highest BCUT2D eigenvalue weighted by Crippen LogP contribution is 2.27. The van der Waals surface area contributed by atoms with Crippen molar-refractivity contribution in [2.75, 3.05) is 19.7 Å². The van der Waals surface area contributed by atoms with Crippen molar-refractivity contribution in [1.82, 2.24) is 5.32 Å². The van der Waals surface area contributed by atoms with Gasteiger partial charge in [0.15, 0.2) is 11.5 Å². The van der Waals surface area contributed by atoms with Crippen LogP contribution >= 0.6 is 0 Å². The van der Waals surface area contributed by atoms with Crippen LogP contribution in [-0.2, 0) is 14.3 Å². The number of carbonyl (C=O) groups is 2. The summed E-state index contributed by atoms with van der Waals surface area (Å²) in [5.41, 5.74) is 0.543. The Bertz CT molecular complexity index is 840. The van der Waals surface area contributed by atoms with E-state index < -0.39 is 23.9 Å². The topological polar surface area (TPSA) is 94.1 Å². The van der Waals surface area contributed by atoms with Crippen LogP contribution in [0.3, 0.4) is 0 Å². The Labute approximate surface area is 181 Å². The van der Waals surface area contributed by atoms with E-state index in [2.05, 4.69) is 5.32 Å². The molecule has 8 heteroatoms. The van der Waals surface area contributed by atoms with Crippen molar-refractivity contribution < 1.29 is 33.3 Å². The Morgan fingerprint density at radius 3 is 2.35 bits per heavy atom. The fourth-order valence-corrected chi connectivity index (χ4v) is 2.84. The number of hydrogen-bond acceptors (Lipinski definition) is 6. The van der Waals surface area contributed by atoms with Crippen molar-refractivity contribution in [3.05, 3.63) is 59.9 Å². The van der Waals surface area contributed by atoms with Gasteiger partial charge in [0.1, 0.15) is 18.5 Å². The lowest BCUT2D eigenvalue weighted by molar-refractivity contribution is -0.168. The van der Waals surface area contributed by atoms with E-state index >= 15 is 0 Å². The van der Waals surface area contributed by atoms with E-state index in [1.54, 1.807) is 0 Å². The first-order valence-electron chi connectivity index (χ1n) is 10.2. The average molecular weight is 433 g/mol. The van der Waals surface area contributed by atoms with E-state index in [1.165, 1.54) is 24.3 Å². The lowest BCUT2D eigenvalue weighted by atomic mass is 10.0. The summed E-state index contributed by atoms with van der Waals surface area (Å²) in [4.78, 5) is 22.3. The molecular formula is C23H28FNO6. The van der Waals surface area contributed by atoms with Gasteiger partial charge in [-0.25, -0.2) is 14.0 Å². The molecule has 0 bridgehead atoms. The molecule has 2 rings (SSSR count). The van der Waals surface area contributed by atoms with Crippen LogP contribution in [0.2, 0.25) is 0 Å². The van der Waals surface area contributed by atoms with Gasteiger partial charge in [-0.05, 0) is 63.1 Å². The Balaban J connectivity index is 1.76. The number of carboxylic acid groups (broad SMARTS) is 1. The molecule has 0 aliphatic carbocycles. The molecule has 2 N–H and O–H groups in total. The van der Waals surface area contributed by atoms with Gasteiger partial charge in [0.2, 0.25) is 0 Å². The molecular weight excluding hydrogens is 405 g/mol. The first kappa shape index (κ1) is 24.1. The number of esters is 1. The second-order valence-corrected chi connectivity index (χ2v) is 7.10. The summed E-state index contributed by atoms with van der Waals surface area (Å²) in [6, 6.07) is 12.9. The fraction of sp³-hybridized carbons (Fsp3) is 0.391. The Kier molecular flexibility index (Phi) is 9.77. The minimum atomic E-state index is -1.66. The van der Waals surface area contributed by atoms with Crippen LogP contribution in [-0.4, -0.2) is 42.8 Å². The molecule has 0 fully saturated rings. The lowest BCUT2D eigenvalue weighted by Gasteiger charge is -2.17. The largest absolute Gasteiger partial charge is 0.488 e. The predicted molar refractivity (Wildman–Crippen MR) is 113 cm³/mol. The number of halogens is 1. The second kappa shape index (κ2) is 12.5. The van der Waals surface area contributed by atoms with Gasteiger partial charge in [-0.1, -0.05) is 24.3 Å². The number of rotatable bonds is 12. The molecule has 0 saturated carbocycles. The molecule has 7 nitrogen and oxygen atoms in total. The zero-order valence-electron chi connectivity index (χ0n) is 17.7. The highest BCUT2D eigenvalue weighted by molar-refractivity contribution is 6.28. The van der Waals surface area contributed by atoms with Crippen molar-refractivity contribution in [3.8, 4) is 11.5 Å². The molecule has 0 amide bonds. The summed E-state index contributed by atoms with van der Waals surface area (Å²) in [5, 5.41) is 12.0. The molecule has 1 unspecified atom stereocenters. The van der Waals surface area contributed by atoms with Gasteiger partial charge in [-0.2, -0.15) is 0 Å². The standard InChI is InChI=1S/C23H28FNO6/c1-16(2)30-21-7-4-3-6-20(21)29-15-14-25-13-5-8-19(31-23(28)22(26)27)17-9-11-18(24)12-10-17/h3-4,6-7,9-12,16,19,25H,5,8,13-15H2,1-2H3,(H,26,27). The van der Waals surface area contributed by atoms with Crippen LogP contribution in [0.15, 0.2) is 48.5 Å². The molecule has 168 valence electrons. The van der Waals surface area contributed by atoms with Crippen molar-refractivity contribution in [1.29, 1.82) is 0 Å². The number of para-hydroxylation sites is 2. The molecule has 0 heterocycles. The third-order valence-electron chi connectivity index (χ3n) is 4.23. The summed E-state index contributed by atoms with van der Waals surface area (Å²) in [7, 11) is 0. The van der Waals surface area contributed by atoms with E-state index in [0.717, 1.165) is 0 Å². The van der Waals surface area contributed by atoms with Gasteiger partial charge in [-0.15, -0.1) is 0 Å². The summed E-state index contributed by atoms with van der Waals surface area (Å²) >= 11 is 0. The maximum atomic E-state index is 13.1. The number of carbonyl (C=O) groups excluding carboxylic acids is 1. The first-order chi connectivity index (χ1) is 14.9. The minimum absolute atomic E-state index is 0.0483. The van der Waals surface area contributed by atoms with E-state index in [-0.39, 0.29) is 6.10 Å². The third kappa shape index (κ3) is 8.64. The van der Waals surface area contributed by atoms with Gasteiger partial charge in [0.25, 0.3) is 0 Å². The predicted octanol–water partition coefficient (Wildman–Crippen LogP) is 3.73. The van der Waals surface area contributed by atoms with Crippen molar-refractivity contribution in [2.24, 2.45) is 0 Å². The molecule has 31 heavy (non-hydrogen) atoms. The first-order valence-corrected chi connectivity index (χ1v) is 10.2. The maximum Gasteiger partial charge on any atom is 0.417 e. The van der Waals surface area contributed by atoms with Crippen molar-refractivity contribution in [3.63, 3.8) is 0 Å². The summed E-state index contributed by atoms with van der Waals surface area (Å²) in [6.07, 6.45) is 0.292. The number of aliphatic carboxylic acids is 1. The van der Waals surface area contributed by atoms with E-state index in [4.69, 9.17) is 19.3 Å². The molecule has 0 aliphatic rings. The lowest BCUT2D eigenvalue weighted by Crippen LogP contribution is -2.24. The van der Waals surface area contributed by atoms with Crippen LogP contribution in [0.4, 0.5) is 4.39 Å². The molecule has 0 aliphatic heterocycles. The highest BCUT2D eigenvalue weighted by Gasteiger charge is 2.21. The third-order valence-corrected chi connectivity index (χ3v) is 4.23. The Hall–Kier alpha value is -3.13. The zero-order chi connectivity index (χ0) is 22.6. The van der Waals surface area contributed by atoms with E-state index in [1.807, 2.05) is 38.1 Å². The summed E-state index contributed by atoms with van der Waals surface area (Å²) in [5.74, 6) is -2.05.